The fourth-order valence-corrected chi connectivity index (χ4v) is 2.04. The predicted molar refractivity (Wildman–Crippen MR) is 71.3 cm³/mol. The standard InChI is InChI=1S/C13H9F3N2O4S/c1-23(19,20)21-7-10-5-12(22-18-10)11-3-2-9(13(14,15)16)4-8(11)6-17/h2-5H,7H2,1H3. The van der Waals surface area contributed by atoms with Gasteiger partial charge in [0.05, 0.1) is 23.5 Å². The molecule has 0 fully saturated rings. The first kappa shape index (κ1) is 17.0. The third-order valence-electron chi connectivity index (χ3n) is 2.71. The highest BCUT2D eigenvalue weighted by Gasteiger charge is 2.31. The van der Waals surface area contributed by atoms with Crippen LogP contribution in [0.5, 0.6) is 0 Å². The van der Waals surface area contributed by atoms with Gasteiger partial charge in [-0.25, -0.2) is 0 Å². The molecule has 0 aliphatic rings. The highest BCUT2D eigenvalue weighted by atomic mass is 32.2. The van der Waals surface area contributed by atoms with Crippen molar-refractivity contribution in [1.29, 1.82) is 5.26 Å². The van der Waals surface area contributed by atoms with Crippen LogP contribution in [0.4, 0.5) is 13.2 Å². The zero-order valence-corrected chi connectivity index (χ0v) is 12.4. The van der Waals surface area contributed by atoms with Gasteiger partial charge in [-0.1, -0.05) is 5.16 Å². The zero-order valence-electron chi connectivity index (χ0n) is 11.6. The van der Waals surface area contributed by atoms with Crippen LogP contribution in [0, 0.1) is 11.3 Å². The molecule has 1 aromatic heterocycles. The Hall–Kier alpha value is -2.38. The van der Waals surface area contributed by atoms with E-state index in [9.17, 15) is 21.6 Å². The van der Waals surface area contributed by atoms with Crippen LogP contribution < -0.4 is 0 Å². The number of hydrogen-bond acceptors (Lipinski definition) is 6. The Morgan fingerprint density at radius 3 is 2.61 bits per heavy atom. The molecule has 0 radical (unpaired) electrons. The molecule has 6 nitrogen and oxygen atoms in total. The summed E-state index contributed by atoms with van der Waals surface area (Å²) >= 11 is 0. The third-order valence-corrected chi connectivity index (χ3v) is 3.26. The molecule has 0 saturated carbocycles. The summed E-state index contributed by atoms with van der Waals surface area (Å²) in [5.41, 5.74) is -0.975. The minimum Gasteiger partial charge on any atom is -0.356 e. The molecule has 0 saturated heterocycles. The van der Waals surface area contributed by atoms with Gasteiger partial charge < -0.3 is 4.52 Å². The maximum absolute atomic E-state index is 12.6. The summed E-state index contributed by atoms with van der Waals surface area (Å²) in [7, 11) is -3.67. The Morgan fingerprint density at radius 1 is 1.35 bits per heavy atom. The zero-order chi connectivity index (χ0) is 17.3. The Bertz CT molecular complexity index is 866. The molecule has 0 spiro atoms. The van der Waals surface area contributed by atoms with Gasteiger partial charge in [0.2, 0.25) is 0 Å². The molecule has 0 aliphatic heterocycles. The summed E-state index contributed by atoms with van der Waals surface area (Å²) in [5.74, 6) is 0.0300. The second kappa shape index (κ2) is 6.02. The van der Waals surface area contributed by atoms with E-state index in [-0.39, 0.29) is 29.2 Å². The molecule has 0 aliphatic carbocycles. The molecule has 0 amide bonds. The summed E-state index contributed by atoms with van der Waals surface area (Å²) in [4.78, 5) is 0. The maximum Gasteiger partial charge on any atom is 0.416 e. The molecule has 0 bridgehead atoms. The summed E-state index contributed by atoms with van der Waals surface area (Å²) in [6, 6.07) is 5.54. The van der Waals surface area contributed by atoms with E-state index >= 15 is 0 Å². The van der Waals surface area contributed by atoms with Crippen LogP contribution in [0.25, 0.3) is 11.3 Å². The first-order chi connectivity index (χ1) is 10.6. The maximum atomic E-state index is 12.6. The molecular formula is C13H9F3N2O4S. The number of hydrogen-bond donors (Lipinski definition) is 0. The van der Waals surface area contributed by atoms with Crippen LogP contribution in [-0.2, 0) is 27.1 Å². The quantitative estimate of drug-likeness (QED) is 0.790. The van der Waals surface area contributed by atoms with Crippen LogP contribution in [0.15, 0.2) is 28.8 Å². The number of benzene rings is 1. The van der Waals surface area contributed by atoms with Gasteiger partial charge in [-0.15, -0.1) is 0 Å². The van der Waals surface area contributed by atoms with Crippen molar-refractivity contribution in [2.75, 3.05) is 6.26 Å². The van der Waals surface area contributed by atoms with Gasteiger partial charge in [0.1, 0.15) is 12.3 Å². The Morgan fingerprint density at radius 2 is 2.04 bits per heavy atom. The van der Waals surface area contributed by atoms with E-state index in [2.05, 4.69) is 9.34 Å². The number of alkyl halides is 3. The first-order valence-corrected chi connectivity index (χ1v) is 7.83. The van der Waals surface area contributed by atoms with Gasteiger partial charge in [-0.2, -0.15) is 26.9 Å². The van der Waals surface area contributed by atoms with E-state index in [0.29, 0.717) is 6.07 Å². The molecule has 122 valence electrons. The van der Waals surface area contributed by atoms with E-state index < -0.39 is 21.9 Å². The number of nitriles is 1. The van der Waals surface area contributed by atoms with Crippen LogP contribution in [0.1, 0.15) is 16.8 Å². The lowest BCUT2D eigenvalue weighted by molar-refractivity contribution is -0.137. The number of nitrogens with zero attached hydrogens (tertiary/aromatic N) is 2. The van der Waals surface area contributed by atoms with Gasteiger partial charge >= 0.3 is 6.18 Å². The van der Waals surface area contributed by atoms with Crippen molar-refractivity contribution in [3.05, 3.63) is 41.1 Å². The average Bonchev–Trinajstić information content (AvgIpc) is 2.91. The SMILES string of the molecule is CS(=O)(=O)OCc1cc(-c2ccc(C(F)(F)F)cc2C#N)on1. The second-order valence-corrected chi connectivity index (χ2v) is 6.16. The van der Waals surface area contributed by atoms with Crippen molar-refractivity contribution < 1.29 is 30.3 Å². The summed E-state index contributed by atoms with van der Waals surface area (Å²) < 4.78 is 69.1. The van der Waals surface area contributed by atoms with Gasteiger partial charge in [-0.05, 0) is 18.2 Å². The lowest BCUT2D eigenvalue weighted by Gasteiger charge is -2.08. The second-order valence-electron chi connectivity index (χ2n) is 4.52. The molecule has 2 aromatic rings. The molecule has 23 heavy (non-hydrogen) atoms. The summed E-state index contributed by atoms with van der Waals surface area (Å²) in [6.07, 6.45) is -3.71. The Labute approximate surface area is 129 Å². The van der Waals surface area contributed by atoms with E-state index in [1.54, 1.807) is 6.07 Å². The number of halogens is 3. The highest BCUT2D eigenvalue weighted by molar-refractivity contribution is 7.85. The highest BCUT2D eigenvalue weighted by Crippen LogP contribution is 2.33. The Kier molecular flexibility index (Phi) is 4.44. The molecule has 1 heterocycles. The van der Waals surface area contributed by atoms with Gasteiger partial charge in [0, 0.05) is 11.6 Å². The minimum atomic E-state index is -4.57. The molecule has 10 heteroatoms. The molecule has 0 unspecified atom stereocenters. The largest absolute Gasteiger partial charge is 0.416 e. The van der Waals surface area contributed by atoms with Crippen LogP contribution in [0.3, 0.4) is 0 Å². The van der Waals surface area contributed by atoms with Gasteiger partial charge in [-0.3, -0.25) is 4.18 Å². The fourth-order valence-electron chi connectivity index (χ4n) is 1.70. The van der Waals surface area contributed by atoms with E-state index in [1.165, 1.54) is 6.07 Å². The van der Waals surface area contributed by atoms with Crippen molar-refractivity contribution >= 4 is 10.1 Å². The molecule has 1 aromatic carbocycles. The smallest absolute Gasteiger partial charge is 0.356 e. The monoisotopic (exact) mass is 346 g/mol. The molecule has 0 N–H and O–H groups in total. The third kappa shape index (κ3) is 4.30. The van der Waals surface area contributed by atoms with Crippen LogP contribution >= 0.6 is 0 Å². The lowest BCUT2D eigenvalue weighted by atomic mass is 10.0. The lowest BCUT2D eigenvalue weighted by Crippen LogP contribution is -2.05. The van der Waals surface area contributed by atoms with Crippen molar-refractivity contribution in [1.82, 2.24) is 5.16 Å². The molecule has 0 atom stereocenters. The summed E-state index contributed by atoms with van der Waals surface area (Å²) in [5, 5.41) is 12.5. The first-order valence-electron chi connectivity index (χ1n) is 6.02. The minimum absolute atomic E-state index is 0.0300. The normalized spacial score (nSPS) is 12.1. The van der Waals surface area contributed by atoms with Crippen LogP contribution in [0.2, 0.25) is 0 Å². The summed E-state index contributed by atoms with van der Waals surface area (Å²) in [6.45, 7) is -0.384. The predicted octanol–water partition coefficient (Wildman–Crippen LogP) is 2.71. The van der Waals surface area contributed by atoms with Crippen molar-refractivity contribution in [2.24, 2.45) is 0 Å². The number of aromatic nitrogens is 1. The van der Waals surface area contributed by atoms with Crippen molar-refractivity contribution in [2.45, 2.75) is 12.8 Å². The van der Waals surface area contributed by atoms with Gasteiger partial charge in [0.15, 0.2) is 5.76 Å². The fraction of sp³-hybridized carbons (Fsp3) is 0.231. The van der Waals surface area contributed by atoms with Crippen molar-refractivity contribution in [3.63, 3.8) is 0 Å². The van der Waals surface area contributed by atoms with E-state index in [4.69, 9.17) is 9.78 Å². The van der Waals surface area contributed by atoms with Crippen LogP contribution in [-0.4, -0.2) is 19.8 Å². The van der Waals surface area contributed by atoms with Gasteiger partial charge in [0.25, 0.3) is 10.1 Å². The molecular weight excluding hydrogens is 337 g/mol. The number of rotatable bonds is 4. The topological polar surface area (TPSA) is 93.2 Å². The van der Waals surface area contributed by atoms with Crippen molar-refractivity contribution in [3.8, 4) is 17.4 Å². The van der Waals surface area contributed by atoms with E-state index in [0.717, 1.165) is 18.4 Å². The average molecular weight is 346 g/mol. The van der Waals surface area contributed by atoms with E-state index in [1.807, 2.05) is 0 Å². The Balaban J connectivity index is 2.33. The molecule has 2 rings (SSSR count).